The predicted molar refractivity (Wildman–Crippen MR) is 110 cm³/mol. The number of benzene rings is 2. The maximum atomic E-state index is 12.2. The molecule has 0 aliphatic carbocycles. The molecule has 3 aromatic rings. The van der Waals surface area contributed by atoms with Crippen molar-refractivity contribution >= 4 is 16.7 Å². The summed E-state index contributed by atoms with van der Waals surface area (Å²) in [6.45, 7) is 3.50. The molecule has 0 spiro atoms. The number of carbonyl (C=O) groups excluding carboxylic acids is 1. The van der Waals surface area contributed by atoms with Gasteiger partial charge < -0.3 is 10.1 Å². The number of carbonyl (C=O) groups is 1. The lowest BCUT2D eigenvalue weighted by Crippen LogP contribution is -2.45. The van der Waals surface area contributed by atoms with E-state index in [2.05, 4.69) is 33.5 Å². The maximum Gasteiger partial charge on any atom is 0.254 e. The maximum absolute atomic E-state index is 12.2. The van der Waals surface area contributed by atoms with Gasteiger partial charge in [-0.25, -0.2) is 0 Å². The van der Waals surface area contributed by atoms with Crippen molar-refractivity contribution in [2.24, 2.45) is 7.05 Å². The third-order valence-electron chi connectivity index (χ3n) is 5.30. The summed E-state index contributed by atoms with van der Waals surface area (Å²) in [5.41, 5.74) is 0.619. The van der Waals surface area contributed by atoms with Gasteiger partial charge in [0.1, 0.15) is 12.4 Å². The molecule has 6 nitrogen and oxygen atoms in total. The van der Waals surface area contributed by atoms with Crippen molar-refractivity contribution in [3.05, 3.63) is 60.4 Å². The third kappa shape index (κ3) is 4.34. The zero-order valence-electron chi connectivity index (χ0n) is 16.2. The summed E-state index contributed by atoms with van der Waals surface area (Å²) >= 11 is 0. The minimum absolute atomic E-state index is 0.0363. The quantitative estimate of drug-likeness (QED) is 0.717. The van der Waals surface area contributed by atoms with Crippen molar-refractivity contribution in [2.45, 2.75) is 18.9 Å². The minimum atomic E-state index is -0.0363. The number of piperidine rings is 1. The second-order valence-electron chi connectivity index (χ2n) is 7.32. The molecule has 1 fully saturated rings. The summed E-state index contributed by atoms with van der Waals surface area (Å²) in [5.74, 6) is 0.905. The van der Waals surface area contributed by atoms with Gasteiger partial charge in [0.25, 0.3) is 5.91 Å². The molecule has 1 aliphatic heterocycles. The van der Waals surface area contributed by atoms with Crippen molar-refractivity contribution < 1.29 is 9.53 Å². The molecule has 0 bridgehead atoms. The fourth-order valence-corrected chi connectivity index (χ4v) is 3.71. The number of likely N-dealkylation sites (tertiary alicyclic amines) is 1. The zero-order valence-corrected chi connectivity index (χ0v) is 16.2. The first-order valence-corrected chi connectivity index (χ1v) is 9.81. The van der Waals surface area contributed by atoms with Crippen LogP contribution in [0.25, 0.3) is 10.8 Å². The largest absolute Gasteiger partial charge is 0.492 e. The number of hydrogen-bond acceptors (Lipinski definition) is 4. The standard InChI is InChI=1S/C22H26N4O2/c1-25-16-18(15-23-25)22(27)24-19-9-11-26(12-10-19)13-14-28-21-8-4-6-17-5-2-3-7-20(17)21/h2-8,15-16,19H,9-14H2,1H3,(H,24,27). The van der Waals surface area contributed by atoms with Crippen LogP contribution < -0.4 is 10.1 Å². The van der Waals surface area contributed by atoms with Gasteiger partial charge in [-0.05, 0) is 24.3 Å². The molecule has 2 heterocycles. The topological polar surface area (TPSA) is 59.4 Å². The molecule has 1 amide bonds. The smallest absolute Gasteiger partial charge is 0.254 e. The Morgan fingerprint density at radius 1 is 1.18 bits per heavy atom. The lowest BCUT2D eigenvalue weighted by molar-refractivity contribution is 0.0905. The number of hydrogen-bond donors (Lipinski definition) is 1. The molecule has 28 heavy (non-hydrogen) atoms. The summed E-state index contributed by atoms with van der Waals surface area (Å²) in [7, 11) is 1.82. The number of ether oxygens (including phenoxy) is 1. The van der Waals surface area contributed by atoms with Crippen LogP contribution in [-0.4, -0.2) is 52.9 Å². The first kappa shape index (κ1) is 18.5. The molecule has 0 atom stereocenters. The van der Waals surface area contributed by atoms with Crippen LogP contribution in [0.3, 0.4) is 0 Å². The summed E-state index contributed by atoms with van der Waals surface area (Å²) in [6, 6.07) is 14.7. The Bertz CT molecular complexity index is 939. The summed E-state index contributed by atoms with van der Waals surface area (Å²) < 4.78 is 7.70. The normalized spacial score (nSPS) is 15.6. The number of rotatable bonds is 6. The van der Waals surface area contributed by atoms with Crippen LogP contribution in [0, 0.1) is 0 Å². The molecule has 1 aliphatic rings. The molecule has 0 unspecified atom stereocenters. The monoisotopic (exact) mass is 378 g/mol. The van der Waals surface area contributed by atoms with Gasteiger partial charge >= 0.3 is 0 Å². The van der Waals surface area contributed by atoms with Gasteiger partial charge in [-0.3, -0.25) is 14.4 Å². The van der Waals surface area contributed by atoms with Crippen LogP contribution >= 0.6 is 0 Å². The van der Waals surface area contributed by atoms with Crippen LogP contribution in [0.15, 0.2) is 54.9 Å². The van der Waals surface area contributed by atoms with E-state index >= 15 is 0 Å². The zero-order chi connectivity index (χ0) is 19.3. The summed E-state index contributed by atoms with van der Waals surface area (Å²) in [4.78, 5) is 14.6. The Morgan fingerprint density at radius 2 is 1.96 bits per heavy atom. The number of fused-ring (bicyclic) bond motifs is 1. The summed E-state index contributed by atoms with van der Waals surface area (Å²) in [6.07, 6.45) is 5.27. The Labute approximate surface area is 165 Å². The molecule has 2 aromatic carbocycles. The van der Waals surface area contributed by atoms with Gasteiger partial charge in [0.15, 0.2) is 0 Å². The Morgan fingerprint density at radius 3 is 2.75 bits per heavy atom. The highest BCUT2D eigenvalue weighted by molar-refractivity contribution is 5.93. The molecule has 4 rings (SSSR count). The first-order valence-electron chi connectivity index (χ1n) is 9.81. The molecule has 146 valence electrons. The van der Waals surface area contributed by atoms with Crippen molar-refractivity contribution in [2.75, 3.05) is 26.2 Å². The average Bonchev–Trinajstić information content (AvgIpc) is 3.16. The second kappa shape index (κ2) is 8.44. The fraction of sp³-hybridized carbons (Fsp3) is 0.364. The van der Waals surface area contributed by atoms with E-state index in [4.69, 9.17) is 4.74 Å². The highest BCUT2D eigenvalue weighted by Gasteiger charge is 2.21. The number of amides is 1. The average molecular weight is 378 g/mol. The minimum Gasteiger partial charge on any atom is -0.492 e. The van der Waals surface area contributed by atoms with Crippen LogP contribution in [0.1, 0.15) is 23.2 Å². The number of aryl methyl sites for hydroxylation is 1. The lowest BCUT2D eigenvalue weighted by atomic mass is 10.0. The third-order valence-corrected chi connectivity index (χ3v) is 5.30. The van der Waals surface area contributed by atoms with Crippen LogP contribution in [0.5, 0.6) is 5.75 Å². The van der Waals surface area contributed by atoms with Crippen molar-refractivity contribution in [3.8, 4) is 5.75 Å². The van der Waals surface area contributed by atoms with Gasteiger partial charge in [0.2, 0.25) is 0 Å². The molecule has 1 saturated heterocycles. The SMILES string of the molecule is Cn1cc(C(=O)NC2CCN(CCOc3cccc4ccccc34)CC2)cn1. The number of nitrogens with zero attached hydrogens (tertiary/aromatic N) is 3. The fourth-order valence-electron chi connectivity index (χ4n) is 3.71. The van der Waals surface area contributed by atoms with Crippen LogP contribution in [0.2, 0.25) is 0 Å². The number of nitrogens with one attached hydrogen (secondary N) is 1. The van der Waals surface area contributed by atoms with Gasteiger partial charge in [-0.15, -0.1) is 0 Å². The molecular formula is C22H26N4O2. The van der Waals surface area contributed by atoms with Gasteiger partial charge in [0.05, 0.1) is 11.8 Å². The van der Waals surface area contributed by atoms with E-state index in [1.54, 1.807) is 17.1 Å². The molecular weight excluding hydrogens is 352 g/mol. The van der Waals surface area contributed by atoms with E-state index < -0.39 is 0 Å². The van der Waals surface area contributed by atoms with Gasteiger partial charge in [-0.2, -0.15) is 5.10 Å². The van der Waals surface area contributed by atoms with Crippen molar-refractivity contribution in [1.82, 2.24) is 20.0 Å². The Balaban J connectivity index is 1.22. The first-order chi connectivity index (χ1) is 13.7. The molecule has 1 N–H and O–H groups in total. The van der Waals surface area contributed by atoms with Crippen molar-refractivity contribution in [3.63, 3.8) is 0 Å². The van der Waals surface area contributed by atoms with E-state index in [-0.39, 0.29) is 11.9 Å². The molecule has 1 aromatic heterocycles. The Hall–Kier alpha value is -2.86. The van der Waals surface area contributed by atoms with Crippen LogP contribution in [0.4, 0.5) is 0 Å². The highest BCUT2D eigenvalue weighted by atomic mass is 16.5. The molecule has 6 heteroatoms. The van der Waals surface area contributed by atoms with Gasteiger partial charge in [-0.1, -0.05) is 36.4 Å². The van der Waals surface area contributed by atoms with Gasteiger partial charge in [0, 0.05) is 44.3 Å². The van der Waals surface area contributed by atoms with E-state index in [1.165, 1.54) is 5.39 Å². The lowest BCUT2D eigenvalue weighted by Gasteiger charge is -2.32. The van der Waals surface area contributed by atoms with E-state index in [9.17, 15) is 4.79 Å². The van der Waals surface area contributed by atoms with E-state index in [0.29, 0.717) is 12.2 Å². The molecule has 0 radical (unpaired) electrons. The second-order valence-corrected chi connectivity index (χ2v) is 7.32. The van der Waals surface area contributed by atoms with Crippen LogP contribution in [-0.2, 0) is 7.05 Å². The van der Waals surface area contributed by atoms with Crippen molar-refractivity contribution in [1.29, 1.82) is 0 Å². The predicted octanol–water partition coefficient (Wildman–Crippen LogP) is 2.85. The van der Waals surface area contributed by atoms with E-state index in [1.807, 2.05) is 31.3 Å². The highest BCUT2D eigenvalue weighted by Crippen LogP contribution is 2.25. The Kier molecular flexibility index (Phi) is 5.58. The van der Waals surface area contributed by atoms with E-state index in [0.717, 1.165) is 43.6 Å². The number of aromatic nitrogens is 2. The molecule has 0 saturated carbocycles. The summed E-state index contributed by atoms with van der Waals surface area (Å²) in [5, 5.41) is 9.53.